The highest BCUT2D eigenvalue weighted by Gasteiger charge is 2.48. The summed E-state index contributed by atoms with van der Waals surface area (Å²) in [4.78, 5) is 0. The Morgan fingerprint density at radius 2 is 1.94 bits per heavy atom. The van der Waals surface area contributed by atoms with Gasteiger partial charge in [-0.2, -0.15) is 0 Å². The first-order valence-corrected chi connectivity index (χ1v) is 6.16. The molecule has 2 aliphatic carbocycles. The summed E-state index contributed by atoms with van der Waals surface area (Å²) in [7, 11) is 0. The third-order valence-corrected chi connectivity index (χ3v) is 4.35. The maximum Gasteiger partial charge on any atom is 0.123 e. The van der Waals surface area contributed by atoms with E-state index in [0.717, 1.165) is 24.7 Å². The highest BCUT2D eigenvalue weighted by molar-refractivity contribution is 6.31. The molecular formula is C13H14ClFO. The van der Waals surface area contributed by atoms with Gasteiger partial charge in [-0.25, -0.2) is 4.39 Å². The summed E-state index contributed by atoms with van der Waals surface area (Å²) in [5.74, 6) is 1.56. The molecule has 3 unspecified atom stereocenters. The molecule has 0 amide bonds. The summed E-state index contributed by atoms with van der Waals surface area (Å²) in [6, 6.07) is 4.20. The minimum absolute atomic E-state index is 0.267. The van der Waals surface area contributed by atoms with Gasteiger partial charge in [-0.15, -0.1) is 0 Å². The third-order valence-electron chi connectivity index (χ3n) is 4.00. The Morgan fingerprint density at radius 1 is 1.25 bits per heavy atom. The average Bonchev–Trinajstić information content (AvgIpc) is 2.88. The zero-order valence-electron chi connectivity index (χ0n) is 8.87. The van der Waals surface area contributed by atoms with Crippen LogP contribution in [0.4, 0.5) is 4.39 Å². The lowest BCUT2D eigenvalue weighted by Crippen LogP contribution is -2.11. The van der Waals surface area contributed by atoms with Gasteiger partial charge in [-0.3, -0.25) is 0 Å². The van der Waals surface area contributed by atoms with Gasteiger partial charge in [-0.1, -0.05) is 11.6 Å². The first-order valence-electron chi connectivity index (χ1n) is 5.78. The van der Waals surface area contributed by atoms with Crippen LogP contribution < -0.4 is 0 Å². The molecule has 1 aromatic carbocycles. The van der Waals surface area contributed by atoms with Crippen LogP contribution >= 0.6 is 11.6 Å². The van der Waals surface area contributed by atoms with E-state index in [1.165, 1.54) is 24.6 Å². The van der Waals surface area contributed by atoms with Crippen molar-refractivity contribution < 1.29 is 9.50 Å². The van der Waals surface area contributed by atoms with Gasteiger partial charge in [-0.05, 0) is 55.2 Å². The number of hydrogen-bond donors (Lipinski definition) is 1. The number of halogens is 2. The molecule has 86 valence electrons. The highest BCUT2D eigenvalue weighted by Crippen LogP contribution is 2.57. The average molecular weight is 241 g/mol. The molecular weight excluding hydrogens is 227 g/mol. The topological polar surface area (TPSA) is 20.2 Å². The SMILES string of the molecule is OC(c1cc(F)ccc1Cl)C1CC2CC2C1. The zero-order valence-corrected chi connectivity index (χ0v) is 9.62. The fraction of sp³-hybridized carbons (Fsp3) is 0.538. The number of hydrogen-bond acceptors (Lipinski definition) is 1. The summed E-state index contributed by atoms with van der Waals surface area (Å²) >= 11 is 5.99. The molecule has 0 spiro atoms. The molecule has 0 radical (unpaired) electrons. The van der Waals surface area contributed by atoms with Gasteiger partial charge < -0.3 is 5.11 Å². The van der Waals surface area contributed by atoms with Crippen molar-refractivity contribution in [2.75, 3.05) is 0 Å². The zero-order chi connectivity index (χ0) is 11.3. The Labute approximate surface area is 99.2 Å². The Morgan fingerprint density at radius 3 is 2.62 bits per heavy atom. The van der Waals surface area contributed by atoms with E-state index in [-0.39, 0.29) is 11.7 Å². The third kappa shape index (κ3) is 1.74. The van der Waals surface area contributed by atoms with Crippen molar-refractivity contribution in [1.29, 1.82) is 0 Å². The predicted molar refractivity (Wildman–Crippen MR) is 60.7 cm³/mol. The second-order valence-corrected chi connectivity index (χ2v) is 5.51. The summed E-state index contributed by atoms with van der Waals surface area (Å²) in [5.41, 5.74) is 0.549. The van der Waals surface area contributed by atoms with Crippen molar-refractivity contribution in [3.63, 3.8) is 0 Å². The molecule has 0 aliphatic heterocycles. The number of rotatable bonds is 2. The quantitative estimate of drug-likeness (QED) is 0.838. The van der Waals surface area contributed by atoms with E-state index < -0.39 is 6.10 Å². The number of benzene rings is 1. The van der Waals surface area contributed by atoms with Crippen LogP contribution in [-0.2, 0) is 0 Å². The number of aliphatic hydroxyl groups is 1. The molecule has 2 saturated carbocycles. The number of aliphatic hydroxyl groups excluding tert-OH is 1. The monoisotopic (exact) mass is 240 g/mol. The molecule has 3 rings (SSSR count). The second kappa shape index (κ2) is 3.71. The summed E-state index contributed by atoms with van der Waals surface area (Å²) < 4.78 is 13.1. The lowest BCUT2D eigenvalue weighted by atomic mass is 9.91. The fourth-order valence-corrected chi connectivity index (χ4v) is 3.24. The largest absolute Gasteiger partial charge is 0.388 e. The molecule has 2 fully saturated rings. The minimum Gasteiger partial charge on any atom is -0.388 e. The summed E-state index contributed by atoms with van der Waals surface area (Å²) in [5, 5.41) is 10.7. The van der Waals surface area contributed by atoms with Crippen LogP contribution in [0, 0.1) is 23.6 Å². The van der Waals surface area contributed by atoms with E-state index in [2.05, 4.69) is 0 Å². The van der Waals surface area contributed by atoms with Gasteiger partial charge in [0, 0.05) is 10.6 Å². The van der Waals surface area contributed by atoms with Crippen molar-refractivity contribution in [3.05, 3.63) is 34.6 Å². The molecule has 1 aromatic rings. The van der Waals surface area contributed by atoms with E-state index in [9.17, 15) is 9.50 Å². The first-order chi connectivity index (χ1) is 7.65. The van der Waals surface area contributed by atoms with Crippen LogP contribution in [0.2, 0.25) is 5.02 Å². The molecule has 1 N–H and O–H groups in total. The van der Waals surface area contributed by atoms with Crippen LogP contribution in [0.5, 0.6) is 0 Å². The molecule has 16 heavy (non-hydrogen) atoms. The van der Waals surface area contributed by atoms with Gasteiger partial charge in [0.2, 0.25) is 0 Å². The summed E-state index contributed by atoms with van der Waals surface area (Å²) in [6.07, 6.45) is 2.85. The van der Waals surface area contributed by atoms with E-state index in [0.29, 0.717) is 10.6 Å². The van der Waals surface area contributed by atoms with Gasteiger partial charge >= 0.3 is 0 Å². The van der Waals surface area contributed by atoms with E-state index in [4.69, 9.17) is 11.6 Å². The van der Waals surface area contributed by atoms with E-state index in [1.807, 2.05) is 0 Å². The van der Waals surface area contributed by atoms with Crippen LogP contribution in [0.3, 0.4) is 0 Å². The Bertz CT molecular complexity index is 410. The van der Waals surface area contributed by atoms with Gasteiger partial charge in [0.05, 0.1) is 6.10 Å². The maximum absolute atomic E-state index is 13.1. The first kappa shape index (κ1) is 10.5. The normalized spacial score (nSPS) is 33.6. The molecule has 0 aromatic heterocycles. The summed E-state index contributed by atoms with van der Waals surface area (Å²) in [6.45, 7) is 0. The fourth-order valence-electron chi connectivity index (χ4n) is 3.01. The molecule has 1 nitrogen and oxygen atoms in total. The lowest BCUT2D eigenvalue weighted by molar-refractivity contribution is 0.104. The second-order valence-electron chi connectivity index (χ2n) is 5.10. The van der Waals surface area contributed by atoms with Crippen molar-refractivity contribution in [3.8, 4) is 0 Å². The van der Waals surface area contributed by atoms with Gasteiger partial charge in [0.1, 0.15) is 5.82 Å². The molecule has 0 heterocycles. The van der Waals surface area contributed by atoms with Gasteiger partial charge in [0.15, 0.2) is 0 Å². The minimum atomic E-state index is -0.601. The van der Waals surface area contributed by atoms with E-state index in [1.54, 1.807) is 0 Å². The van der Waals surface area contributed by atoms with Crippen molar-refractivity contribution in [2.45, 2.75) is 25.4 Å². The Kier molecular flexibility index (Phi) is 2.45. The van der Waals surface area contributed by atoms with Crippen LogP contribution in [0.25, 0.3) is 0 Å². The van der Waals surface area contributed by atoms with Crippen LogP contribution in [0.1, 0.15) is 30.9 Å². The molecule has 2 aliphatic rings. The maximum atomic E-state index is 13.1. The van der Waals surface area contributed by atoms with Crippen molar-refractivity contribution in [2.24, 2.45) is 17.8 Å². The standard InChI is InChI=1S/C13H14ClFO/c14-12-2-1-10(15)6-11(12)13(16)9-4-7-3-8(7)5-9/h1-2,6-9,13,16H,3-5H2. The molecule has 3 heteroatoms. The van der Waals surface area contributed by atoms with Crippen LogP contribution in [-0.4, -0.2) is 5.11 Å². The predicted octanol–water partition coefficient (Wildman–Crippen LogP) is 3.56. The molecule has 3 atom stereocenters. The van der Waals surface area contributed by atoms with Gasteiger partial charge in [0.25, 0.3) is 0 Å². The highest BCUT2D eigenvalue weighted by atomic mass is 35.5. The van der Waals surface area contributed by atoms with Crippen LogP contribution in [0.15, 0.2) is 18.2 Å². The van der Waals surface area contributed by atoms with Crippen molar-refractivity contribution in [1.82, 2.24) is 0 Å². The molecule has 0 bridgehead atoms. The molecule has 0 saturated heterocycles. The van der Waals surface area contributed by atoms with E-state index >= 15 is 0 Å². The van der Waals surface area contributed by atoms with Crippen molar-refractivity contribution >= 4 is 11.6 Å². The Balaban J connectivity index is 1.82. The Hall–Kier alpha value is -0.600. The lowest BCUT2D eigenvalue weighted by Gasteiger charge is -2.20. The smallest absolute Gasteiger partial charge is 0.123 e. The number of fused-ring (bicyclic) bond motifs is 1.